The molecule has 0 bridgehead atoms. The third-order valence-corrected chi connectivity index (χ3v) is 4.88. The lowest BCUT2D eigenvalue weighted by atomic mass is 10.2. The summed E-state index contributed by atoms with van der Waals surface area (Å²) in [6.07, 6.45) is 4.94. The van der Waals surface area contributed by atoms with E-state index < -0.39 is 5.91 Å². The smallest absolute Gasteiger partial charge is 0.261 e. The molecule has 162 valence electrons. The van der Waals surface area contributed by atoms with Crippen LogP contribution in [0.3, 0.4) is 0 Å². The maximum absolute atomic E-state index is 12.6. The second-order valence-corrected chi connectivity index (χ2v) is 7.42. The van der Waals surface area contributed by atoms with Gasteiger partial charge in [-0.05, 0) is 48.3 Å². The summed E-state index contributed by atoms with van der Waals surface area (Å²) in [5, 5.41) is 3.62. The molecule has 0 unspecified atom stereocenters. The van der Waals surface area contributed by atoms with E-state index in [4.69, 9.17) is 17.0 Å². The van der Waals surface area contributed by atoms with Gasteiger partial charge in [0.15, 0.2) is 5.11 Å². The summed E-state index contributed by atoms with van der Waals surface area (Å²) in [6.45, 7) is 2.78. The summed E-state index contributed by atoms with van der Waals surface area (Å²) in [5.41, 5.74) is 6.42. The number of amides is 2. The highest BCUT2D eigenvalue weighted by Crippen LogP contribution is 2.18. The van der Waals surface area contributed by atoms with Crippen molar-refractivity contribution in [3.63, 3.8) is 0 Å². The number of nitrogens with one attached hydrogen (secondary N) is 3. The SMILES string of the molecule is CCCCCOc1ccccc1C(=O)NC(=S)NNC(=O)Cn1ccc2ccccc21. The maximum atomic E-state index is 12.6. The number of carbonyl (C=O) groups is 2. The molecule has 0 radical (unpaired) electrons. The first-order chi connectivity index (χ1) is 15.1. The van der Waals surface area contributed by atoms with E-state index in [-0.39, 0.29) is 17.6 Å². The Kier molecular flexibility index (Phi) is 8.00. The minimum atomic E-state index is -0.408. The van der Waals surface area contributed by atoms with Crippen molar-refractivity contribution < 1.29 is 14.3 Å². The lowest BCUT2D eigenvalue weighted by Crippen LogP contribution is -2.49. The van der Waals surface area contributed by atoms with Gasteiger partial charge in [-0.3, -0.25) is 25.8 Å². The lowest BCUT2D eigenvalue weighted by molar-refractivity contribution is -0.122. The summed E-state index contributed by atoms with van der Waals surface area (Å²) in [4.78, 5) is 24.8. The minimum absolute atomic E-state index is 0.00324. The first-order valence-corrected chi connectivity index (χ1v) is 10.6. The van der Waals surface area contributed by atoms with Gasteiger partial charge < -0.3 is 9.30 Å². The van der Waals surface area contributed by atoms with Crippen LogP contribution in [-0.2, 0) is 11.3 Å². The zero-order valence-corrected chi connectivity index (χ0v) is 18.2. The van der Waals surface area contributed by atoms with Crippen LogP contribution in [0.1, 0.15) is 36.5 Å². The molecule has 0 aliphatic rings. The standard InChI is InChI=1S/C23H26N4O3S/c1-2-3-8-15-30-20-12-7-5-10-18(20)22(29)24-23(31)26-25-21(28)16-27-14-13-17-9-4-6-11-19(17)27/h4-7,9-14H,2-3,8,15-16H2,1H3,(H,25,28)(H2,24,26,29,31). The van der Waals surface area contributed by atoms with Gasteiger partial charge in [0.2, 0.25) is 0 Å². The maximum Gasteiger partial charge on any atom is 0.261 e. The molecule has 1 heterocycles. The van der Waals surface area contributed by atoms with Crippen LogP contribution in [0.15, 0.2) is 60.8 Å². The van der Waals surface area contributed by atoms with Gasteiger partial charge in [-0.15, -0.1) is 0 Å². The van der Waals surface area contributed by atoms with Crippen molar-refractivity contribution >= 4 is 40.0 Å². The van der Waals surface area contributed by atoms with Crippen LogP contribution < -0.4 is 20.9 Å². The number of unbranched alkanes of at least 4 members (excludes halogenated alkanes) is 2. The molecule has 3 rings (SSSR count). The van der Waals surface area contributed by atoms with E-state index in [0.29, 0.717) is 17.9 Å². The van der Waals surface area contributed by atoms with Crippen LogP contribution >= 0.6 is 12.2 Å². The summed E-state index contributed by atoms with van der Waals surface area (Å²) in [5.74, 6) is -0.200. The van der Waals surface area contributed by atoms with Crippen LogP contribution in [-0.4, -0.2) is 28.1 Å². The number of ether oxygens (including phenoxy) is 1. The topological polar surface area (TPSA) is 84.4 Å². The van der Waals surface area contributed by atoms with E-state index >= 15 is 0 Å². The summed E-state index contributed by atoms with van der Waals surface area (Å²) >= 11 is 5.13. The van der Waals surface area contributed by atoms with Gasteiger partial charge in [0, 0.05) is 11.7 Å². The average molecular weight is 439 g/mol. The molecular formula is C23H26N4O3S. The second-order valence-electron chi connectivity index (χ2n) is 7.01. The van der Waals surface area contributed by atoms with E-state index in [9.17, 15) is 9.59 Å². The molecule has 31 heavy (non-hydrogen) atoms. The number of hydrogen-bond donors (Lipinski definition) is 3. The van der Waals surface area contributed by atoms with Gasteiger partial charge in [-0.2, -0.15) is 0 Å². The van der Waals surface area contributed by atoms with Gasteiger partial charge >= 0.3 is 0 Å². The molecule has 1 aromatic heterocycles. The number of carbonyl (C=O) groups excluding carboxylic acids is 2. The van der Waals surface area contributed by atoms with Crippen molar-refractivity contribution in [1.82, 2.24) is 20.7 Å². The highest BCUT2D eigenvalue weighted by atomic mass is 32.1. The summed E-state index contributed by atoms with van der Waals surface area (Å²) in [6, 6.07) is 16.7. The van der Waals surface area contributed by atoms with Crippen LogP contribution in [0.2, 0.25) is 0 Å². The molecule has 7 nitrogen and oxygen atoms in total. The van der Waals surface area contributed by atoms with Crippen molar-refractivity contribution in [2.45, 2.75) is 32.7 Å². The second kappa shape index (κ2) is 11.1. The molecule has 0 saturated carbocycles. The Morgan fingerprint density at radius 1 is 1.00 bits per heavy atom. The first-order valence-electron chi connectivity index (χ1n) is 10.2. The fraction of sp³-hybridized carbons (Fsp3) is 0.261. The number of para-hydroxylation sites is 2. The molecule has 2 aromatic carbocycles. The Balaban J connectivity index is 1.49. The zero-order chi connectivity index (χ0) is 22.1. The quantitative estimate of drug-likeness (QED) is 0.285. The number of benzene rings is 2. The number of nitrogens with zero attached hydrogens (tertiary/aromatic N) is 1. The molecule has 3 aromatic rings. The molecule has 0 aliphatic carbocycles. The average Bonchev–Trinajstić information content (AvgIpc) is 3.18. The van der Waals surface area contributed by atoms with E-state index in [1.165, 1.54) is 0 Å². The molecule has 0 spiro atoms. The Morgan fingerprint density at radius 3 is 2.61 bits per heavy atom. The third-order valence-electron chi connectivity index (χ3n) is 4.67. The van der Waals surface area contributed by atoms with Crippen LogP contribution in [0.25, 0.3) is 10.9 Å². The van der Waals surface area contributed by atoms with E-state index in [0.717, 1.165) is 30.2 Å². The van der Waals surface area contributed by atoms with E-state index in [1.807, 2.05) is 47.2 Å². The lowest BCUT2D eigenvalue weighted by Gasteiger charge is -2.14. The van der Waals surface area contributed by atoms with Crippen molar-refractivity contribution in [1.29, 1.82) is 0 Å². The number of rotatable bonds is 8. The monoisotopic (exact) mass is 438 g/mol. The molecule has 0 atom stereocenters. The largest absolute Gasteiger partial charge is 0.493 e. The molecule has 0 saturated heterocycles. The molecule has 2 amide bonds. The Hall–Kier alpha value is -3.39. The van der Waals surface area contributed by atoms with Gasteiger partial charge in [-0.25, -0.2) is 0 Å². The third kappa shape index (κ3) is 6.29. The van der Waals surface area contributed by atoms with Crippen LogP contribution in [0, 0.1) is 0 Å². The van der Waals surface area contributed by atoms with Crippen molar-refractivity contribution in [3.8, 4) is 5.75 Å². The minimum Gasteiger partial charge on any atom is -0.493 e. The van der Waals surface area contributed by atoms with Crippen LogP contribution in [0.5, 0.6) is 5.75 Å². The van der Waals surface area contributed by atoms with Gasteiger partial charge in [0.1, 0.15) is 12.3 Å². The Bertz CT molecular complexity index is 1060. The number of aromatic nitrogens is 1. The number of hydrogen-bond acceptors (Lipinski definition) is 4. The molecule has 3 N–H and O–H groups in total. The number of thiocarbonyl (C=S) groups is 1. The van der Waals surface area contributed by atoms with E-state index in [1.54, 1.807) is 18.2 Å². The molecule has 8 heteroatoms. The predicted octanol–water partition coefficient (Wildman–Crippen LogP) is 3.55. The molecule has 0 aliphatic heterocycles. The van der Waals surface area contributed by atoms with Gasteiger partial charge in [0.25, 0.3) is 11.8 Å². The fourth-order valence-corrected chi connectivity index (χ4v) is 3.26. The van der Waals surface area contributed by atoms with Crippen LogP contribution in [0.4, 0.5) is 0 Å². The summed E-state index contributed by atoms with van der Waals surface area (Å²) < 4.78 is 7.57. The Morgan fingerprint density at radius 2 is 1.77 bits per heavy atom. The van der Waals surface area contributed by atoms with Gasteiger partial charge in [0.05, 0.1) is 12.2 Å². The predicted molar refractivity (Wildman–Crippen MR) is 125 cm³/mol. The number of fused-ring (bicyclic) bond motifs is 1. The highest BCUT2D eigenvalue weighted by Gasteiger charge is 2.14. The number of hydrazine groups is 1. The molecular weight excluding hydrogens is 412 g/mol. The van der Waals surface area contributed by atoms with E-state index in [2.05, 4.69) is 23.1 Å². The fourth-order valence-electron chi connectivity index (χ4n) is 3.12. The normalized spacial score (nSPS) is 10.5. The van der Waals surface area contributed by atoms with Crippen molar-refractivity contribution in [3.05, 3.63) is 66.4 Å². The zero-order valence-electron chi connectivity index (χ0n) is 17.4. The highest BCUT2D eigenvalue weighted by molar-refractivity contribution is 7.80. The Labute approximate surface area is 186 Å². The van der Waals surface area contributed by atoms with Crippen molar-refractivity contribution in [2.24, 2.45) is 0 Å². The molecule has 0 fully saturated rings. The first kappa shape index (κ1) is 22.3. The van der Waals surface area contributed by atoms with Gasteiger partial charge in [-0.1, -0.05) is 50.1 Å². The summed E-state index contributed by atoms with van der Waals surface area (Å²) in [7, 11) is 0. The van der Waals surface area contributed by atoms with Crippen molar-refractivity contribution in [2.75, 3.05) is 6.61 Å².